The van der Waals surface area contributed by atoms with Gasteiger partial charge >= 0.3 is 6.18 Å². The summed E-state index contributed by atoms with van der Waals surface area (Å²) in [6.07, 6.45) is -0.376. The van der Waals surface area contributed by atoms with E-state index in [1.165, 1.54) is 12.1 Å². The molecule has 0 radical (unpaired) electrons. The summed E-state index contributed by atoms with van der Waals surface area (Å²) in [5.74, 6) is -0.646. The molecule has 3 atom stereocenters. The molecule has 5 nitrogen and oxygen atoms in total. The standard InChI is InChI=1S/C17H20F3N3O2/c18-17(19,20)10-4-3-5-11(8-10)21-15(24)9-14-16(25)23-13-7-2-1-6-12(13)22-14/h3-5,8,12-14,22H,1-2,6-7,9H2,(H,21,24)(H,23,25)/p+1/t12-,13-,14+/m0/s1. The Morgan fingerprint density at radius 3 is 2.80 bits per heavy atom. The summed E-state index contributed by atoms with van der Waals surface area (Å²) in [5, 5.41) is 7.36. The lowest BCUT2D eigenvalue weighted by atomic mass is 9.87. The summed E-state index contributed by atoms with van der Waals surface area (Å²) in [7, 11) is 0. The van der Waals surface area contributed by atoms with Gasteiger partial charge in [-0.1, -0.05) is 12.5 Å². The molecule has 4 N–H and O–H groups in total. The molecule has 25 heavy (non-hydrogen) atoms. The largest absolute Gasteiger partial charge is 0.416 e. The highest BCUT2D eigenvalue weighted by molar-refractivity contribution is 5.95. The molecule has 136 valence electrons. The predicted octanol–water partition coefficient (Wildman–Crippen LogP) is 1.41. The van der Waals surface area contributed by atoms with E-state index in [0.29, 0.717) is 0 Å². The molecule has 1 aliphatic heterocycles. The van der Waals surface area contributed by atoms with Crippen molar-refractivity contribution in [3.05, 3.63) is 29.8 Å². The van der Waals surface area contributed by atoms with Crippen molar-refractivity contribution in [2.75, 3.05) is 5.32 Å². The molecule has 2 aliphatic rings. The van der Waals surface area contributed by atoms with Crippen LogP contribution in [0.2, 0.25) is 0 Å². The van der Waals surface area contributed by atoms with E-state index in [0.717, 1.165) is 37.8 Å². The van der Waals surface area contributed by atoms with Gasteiger partial charge in [0.05, 0.1) is 18.0 Å². The van der Waals surface area contributed by atoms with Crippen LogP contribution in [0.15, 0.2) is 24.3 Å². The molecule has 0 unspecified atom stereocenters. The minimum Gasteiger partial charge on any atom is -0.342 e. The van der Waals surface area contributed by atoms with Gasteiger partial charge in [0.2, 0.25) is 5.91 Å². The van der Waals surface area contributed by atoms with Crippen LogP contribution in [0.25, 0.3) is 0 Å². The summed E-state index contributed by atoms with van der Waals surface area (Å²) in [5.41, 5.74) is -0.746. The van der Waals surface area contributed by atoms with Crippen LogP contribution in [0.5, 0.6) is 0 Å². The van der Waals surface area contributed by atoms with Crippen LogP contribution < -0.4 is 16.0 Å². The maximum Gasteiger partial charge on any atom is 0.416 e. The molecule has 3 rings (SSSR count). The molecule has 2 fully saturated rings. The van der Waals surface area contributed by atoms with E-state index in [-0.39, 0.29) is 30.1 Å². The molecule has 0 aromatic heterocycles. The Kier molecular flexibility index (Phi) is 4.99. The lowest BCUT2D eigenvalue weighted by Gasteiger charge is -2.37. The van der Waals surface area contributed by atoms with E-state index >= 15 is 0 Å². The second kappa shape index (κ2) is 7.03. The smallest absolute Gasteiger partial charge is 0.342 e. The zero-order valence-corrected chi connectivity index (χ0v) is 13.6. The molecule has 1 aromatic carbocycles. The number of fused-ring (bicyclic) bond motifs is 1. The van der Waals surface area contributed by atoms with Crippen molar-refractivity contribution in [1.82, 2.24) is 5.32 Å². The van der Waals surface area contributed by atoms with Crippen LogP contribution in [-0.2, 0) is 15.8 Å². The highest BCUT2D eigenvalue weighted by Crippen LogP contribution is 2.30. The van der Waals surface area contributed by atoms with Crippen molar-refractivity contribution in [2.45, 2.75) is 56.4 Å². The summed E-state index contributed by atoms with van der Waals surface area (Å²) in [6, 6.07) is 4.37. The quantitative estimate of drug-likeness (QED) is 0.766. The molecule has 8 heteroatoms. The van der Waals surface area contributed by atoms with Crippen LogP contribution in [0.1, 0.15) is 37.7 Å². The number of hydrogen-bond donors (Lipinski definition) is 3. The highest BCUT2D eigenvalue weighted by Gasteiger charge is 2.40. The Morgan fingerprint density at radius 2 is 2.04 bits per heavy atom. The topological polar surface area (TPSA) is 74.8 Å². The molecule has 1 aliphatic carbocycles. The number of benzene rings is 1. The maximum atomic E-state index is 12.7. The van der Waals surface area contributed by atoms with Crippen molar-refractivity contribution in [1.29, 1.82) is 0 Å². The van der Waals surface area contributed by atoms with Crippen LogP contribution in [0, 0.1) is 0 Å². The number of carbonyl (C=O) groups excluding carboxylic acids is 2. The van der Waals surface area contributed by atoms with Crippen molar-refractivity contribution < 1.29 is 28.1 Å². The maximum absolute atomic E-state index is 12.7. The number of hydrogen-bond acceptors (Lipinski definition) is 2. The number of nitrogens with two attached hydrogens (primary N) is 1. The fourth-order valence-electron chi connectivity index (χ4n) is 3.59. The first kappa shape index (κ1) is 17.7. The summed E-state index contributed by atoms with van der Waals surface area (Å²) in [4.78, 5) is 24.3. The third-order valence-electron chi connectivity index (χ3n) is 4.84. The monoisotopic (exact) mass is 356 g/mol. The Hall–Kier alpha value is -2.09. The van der Waals surface area contributed by atoms with E-state index in [1.807, 2.05) is 5.32 Å². The van der Waals surface area contributed by atoms with Crippen LogP contribution in [0.4, 0.5) is 18.9 Å². The van der Waals surface area contributed by atoms with E-state index in [2.05, 4.69) is 10.6 Å². The summed E-state index contributed by atoms with van der Waals surface area (Å²) in [6.45, 7) is 0. The Balaban J connectivity index is 1.60. The second-order valence-electron chi connectivity index (χ2n) is 6.69. The number of piperazine rings is 1. The Labute approximate surface area is 143 Å². The zero-order chi connectivity index (χ0) is 18.0. The number of carbonyl (C=O) groups is 2. The van der Waals surface area contributed by atoms with Crippen LogP contribution in [0.3, 0.4) is 0 Å². The molecular weight excluding hydrogens is 335 g/mol. The molecule has 0 spiro atoms. The van der Waals surface area contributed by atoms with E-state index in [9.17, 15) is 22.8 Å². The number of amides is 2. The second-order valence-corrected chi connectivity index (χ2v) is 6.69. The van der Waals surface area contributed by atoms with Gasteiger partial charge in [0.25, 0.3) is 5.91 Å². The van der Waals surface area contributed by atoms with Gasteiger partial charge in [0.1, 0.15) is 6.04 Å². The average Bonchev–Trinajstić information content (AvgIpc) is 2.55. The van der Waals surface area contributed by atoms with Gasteiger partial charge in [0.15, 0.2) is 6.04 Å². The fraction of sp³-hybridized carbons (Fsp3) is 0.529. The van der Waals surface area contributed by atoms with Gasteiger partial charge in [0, 0.05) is 12.1 Å². The third kappa shape index (κ3) is 4.31. The molecule has 2 amide bonds. The summed E-state index contributed by atoms with van der Waals surface area (Å²) >= 11 is 0. The first-order chi connectivity index (χ1) is 11.8. The van der Waals surface area contributed by atoms with Crippen LogP contribution >= 0.6 is 0 Å². The zero-order valence-electron chi connectivity index (χ0n) is 13.6. The number of anilines is 1. The molecule has 0 bridgehead atoms. The molecule has 1 saturated heterocycles. The van der Waals surface area contributed by atoms with Crippen LogP contribution in [-0.4, -0.2) is 29.9 Å². The van der Waals surface area contributed by atoms with Crippen molar-refractivity contribution in [3.8, 4) is 0 Å². The summed E-state index contributed by atoms with van der Waals surface area (Å²) < 4.78 is 38.1. The Morgan fingerprint density at radius 1 is 1.28 bits per heavy atom. The normalized spacial score (nSPS) is 26.5. The predicted molar refractivity (Wildman–Crippen MR) is 84.6 cm³/mol. The number of nitrogens with one attached hydrogen (secondary N) is 2. The van der Waals surface area contributed by atoms with E-state index < -0.39 is 23.7 Å². The van der Waals surface area contributed by atoms with Gasteiger partial charge in [-0.15, -0.1) is 0 Å². The van der Waals surface area contributed by atoms with Gasteiger partial charge in [-0.2, -0.15) is 13.2 Å². The molecule has 1 heterocycles. The number of halogens is 3. The van der Waals surface area contributed by atoms with Gasteiger partial charge in [-0.3, -0.25) is 9.59 Å². The van der Waals surface area contributed by atoms with Crippen molar-refractivity contribution in [3.63, 3.8) is 0 Å². The third-order valence-corrected chi connectivity index (χ3v) is 4.84. The fourth-order valence-corrected chi connectivity index (χ4v) is 3.59. The van der Waals surface area contributed by atoms with Gasteiger partial charge in [-0.25, -0.2) is 0 Å². The first-order valence-electron chi connectivity index (χ1n) is 8.45. The number of alkyl halides is 3. The molecule has 1 saturated carbocycles. The van der Waals surface area contributed by atoms with Gasteiger partial charge in [-0.05, 0) is 31.0 Å². The lowest BCUT2D eigenvalue weighted by molar-refractivity contribution is -0.718. The number of rotatable bonds is 3. The van der Waals surface area contributed by atoms with Crippen molar-refractivity contribution in [2.24, 2.45) is 0 Å². The SMILES string of the molecule is O=C(C[C@H]1[NH2+][C@H]2CCCC[C@@H]2NC1=O)Nc1cccc(C(F)(F)F)c1. The minimum atomic E-state index is -4.46. The minimum absolute atomic E-state index is 0.0642. The van der Waals surface area contributed by atoms with E-state index in [4.69, 9.17) is 0 Å². The number of quaternary nitrogens is 1. The lowest BCUT2D eigenvalue weighted by Crippen LogP contribution is -3.03. The highest BCUT2D eigenvalue weighted by atomic mass is 19.4. The molecule has 1 aromatic rings. The average molecular weight is 356 g/mol. The first-order valence-corrected chi connectivity index (χ1v) is 8.45. The van der Waals surface area contributed by atoms with E-state index in [1.54, 1.807) is 0 Å². The molecular formula is C17H21F3N3O2+. The van der Waals surface area contributed by atoms with Gasteiger partial charge < -0.3 is 16.0 Å². The Bertz CT molecular complexity index is 663. The van der Waals surface area contributed by atoms with Crippen molar-refractivity contribution >= 4 is 17.5 Å².